The zero-order valence-electron chi connectivity index (χ0n) is 43.0. The number of rotatable bonds is 35. The molecular formula is C52H75NO17S. The first kappa shape index (κ1) is 59.0. The van der Waals surface area contributed by atoms with Gasteiger partial charge in [0.2, 0.25) is 11.0 Å². The zero-order valence-corrected chi connectivity index (χ0v) is 43.8. The average molecular weight is 1020 g/mol. The smallest absolute Gasteiger partial charge is 0.345 e. The number of esters is 1. The van der Waals surface area contributed by atoms with Crippen LogP contribution in [0, 0.1) is 13.8 Å². The minimum atomic E-state index is -4.58. The molecule has 0 fully saturated rings. The number of pyridine rings is 1. The van der Waals surface area contributed by atoms with Gasteiger partial charge < -0.3 is 61.8 Å². The predicted octanol–water partition coefficient (Wildman–Crippen LogP) is 7.01. The third kappa shape index (κ3) is 18.2. The van der Waals surface area contributed by atoms with Crippen LogP contribution in [0.3, 0.4) is 0 Å². The fraction of sp³-hybridized carbons (Fsp3) is 0.596. The van der Waals surface area contributed by atoms with E-state index in [2.05, 4.69) is 27.7 Å². The molecule has 4 rings (SSSR count). The second kappa shape index (κ2) is 29.8. The highest BCUT2D eigenvalue weighted by Gasteiger charge is 2.30. The van der Waals surface area contributed by atoms with Crippen LogP contribution in [0.15, 0.2) is 48.5 Å². The Hall–Kier alpha value is -4.54. The molecule has 4 aromatic rings. The van der Waals surface area contributed by atoms with E-state index in [0.29, 0.717) is 44.4 Å². The first-order valence-electron chi connectivity index (χ1n) is 24.2. The van der Waals surface area contributed by atoms with Crippen molar-refractivity contribution >= 4 is 43.9 Å². The van der Waals surface area contributed by atoms with Crippen LogP contribution in [0.2, 0.25) is 0 Å². The van der Waals surface area contributed by atoms with E-state index in [9.17, 15) is 22.9 Å². The molecule has 0 bridgehead atoms. The third-order valence-electron chi connectivity index (χ3n) is 11.8. The summed E-state index contributed by atoms with van der Waals surface area (Å²) in [6, 6.07) is 13.2. The van der Waals surface area contributed by atoms with Crippen molar-refractivity contribution in [3.63, 3.8) is 0 Å². The van der Waals surface area contributed by atoms with E-state index in [4.69, 9.17) is 52.1 Å². The number of carbonyl (C=O) groups excluding carboxylic acids is 1. The number of aromatic nitrogens is 1. The van der Waals surface area contributed by atoms with Gasteiger partial charge in [-0.05, 0) is 87.1 Å². The molecule has 0 amide bonds. The molecule has 0 aliphatic heterocycles. The summed E-state index contributed by atoms with van der Waals surface area (Å²) in [5, 5.41) is 10.5. The van der Waals surface area contributed by atoms with E-state index in [1.54, 1.807) is 78.7 Å². The van der Waals surface area contributed by atoms with Gasteiger partial charge in [0.25, 0.3) is 0 Å². The number of hydrogen-bond donors (Lipinski definition) is 1. The lowest BCUT2D eigenvalue weighted by Crippen LogP contribution is -2.38. The molecule has 3 aromatic carbocycles. The maximum Gasteiger partial charge on any atom is 0.345 e. The van der Waals surface area contributed by atoms with Crippen LogP contribution in [-0.4, -0.2) is 154 Å². The molecule has 1 heterocycles. The number of aryl methyl sites for hydroxylation is 3. The quantitative estimate of drug-likeness (QED) is 0.0161. The van der Waals surface area contributed by atoms with E-state index in [-0.39, 0.29) is 94.9 Å². The van der Waals surface area contributed by atoms with E-state index >= 15 is 4.79 Å². The van der Waals surface area contributed by atoms with E-state index < -0.39 is 52.2 Å². The third-order valence-corrected chi connectivity index (χ3v) is 12.6. The normalized spacial score (nSPS) is 12.2. The van der Waals surface area contributed by atoms with Crippen molar-refractivity contribution < 1.29 is 84.3 Å². The van der Waals surface area contributed by atoms with Crippen molar-refractivity contribution in [3.8, 4) is 17.2 Å². The molecule has 0 aliphatic carbocycles. The molecule has 0 saturated carbocycles. The minimum absolute atomic E-state index is 0.00961. The van der Waals surface area contributed by atoms with Gasteiger partial charge in [0.1, 0.15) is 41.7 Å². The largest absolute Gasteiger partial charge is 0.748 e. The Balaban J connectivity index is 1.99. The van der Waals surface area contributed by atoms with Crippen molar-refractivity contribution in [2.24, 2.45) is 0 Å². The minimum Gasteiger partial charge on any atom is -0.748 e. The predicted molar refractivity (Wildman–Crippen MR) is 265 cm³/mol. The molecule has 0 aliphatic rings. The molecule has 396 valence electrons. The first-order chi connectivity index (χ1) is 34.0. The Morgan fingerprint density at radius 2 is 0.986 bits per heavy atom. The summed E-state index contributed by atoms with van der Waals surface area (Å²) < 4.78 is 104. The summed E-state index contributed by atoms with van der Waals surface area (Å²) in [6.45, 7) is 13.2. The summed E-state index contributed by atoms with van der Waals surface area (Å²) in [7, 11) is 1.66. The van der Waals surface area contributed by atoms with Crippen LogP contribution in [0.5, 0.6) is 17.2 Å². The molecule has 0 unspecified atom stereocenters. The number of fused-ring (bicyclic) bond motifs is 2. The standard InChI is InChI=1S/C52H75NO17S/c1-11-37(12-2)64-30-43(31-65-38(13-3)14-4)68-39-16-18-47-45(24-39)49(52(56)70-50-34(5)22-36(51(54)55)23-35(50)6)46-25-40(17-19-48(46)53(47)20-15-21-71(57,58)59)69-44(32-66-41(26-60-7)27-61-8)33-67-42(28-62-9)29-63-10/h16-19,22-25,37-38,41-44H,11-15,20-21,26-33H2,1-10H3,(H-,54,55,57,58,59). The van der Waals surface area contributed by atoms with Crippen molar-refractivity contribution in [3.05, 3.63) is 70.8 Å². The lowest BCUT2D eigenvalue weighted by atomic mass is 10.0. The Kier molecular flexibility index (Phi) is 24.8. The van der Waals surface area contributed by atoms with Crippen LogP contribution in [-0.2, 0) is 54.6 Å². The molecule has 71 heavy (non-hydrogen) atoms. The average Bonchev–Trinajstić information content (AvgIpc) is 3.33. The number of nitrogens with zero attached hydrogens (tertiary/aromatic N) is 1. The van der Waals surface area contributed by atoms with Crippen LogP contribution < -0.4 is 18.8 Å². The van der Waals surface area contributed by atoms with Crippen LogP contribution in [0.4, 0.5) is 0 Å². The second-order valence-corrected chi connectivity index (χ2v) is 18.9. The molecular weight excluding hydrogens is 943 g/mol. The molecule has 0 spiro atoms. The van der Waals surface area contributed by atoms with Crippen molar-refractivity contribution in [2.75, 3.05) is 87.0 Å². The first-order valence-corrected chi connectivity index (χ1v) is 25.8. The highest BCUT2D eigenvalue weighted by Crippen LogP contribution is 2.34. The van der Waals surface area contributed by atoms with Gasteiger partial charge in [-0.25, -0.2) is 18.0 Å². The lowest BCUT2D eigenvalue weighted by molar-refractivity contribution is -0.645. The second-order valence-electron chi connectivity index (χ2n) is 17.4. The number of carboxylic acids is 1. The van der Waals surface area contributed by atoms with Crippen molar-refractivity contribution in [1.29, 1.82) is 0 Å². The zero-order chi connectivity index (χ0) is 52.1. The fourth-order valence-corrected chi connectivity index (χ4v) is 8.72. The number of methoxy groups -OCH3 is 4. The van der Waals surface area contributed by atoms with Gasteiger partial charge in [0.15, 0.2) is 6.54 Å². The van der Waals surface area contributed by atoms with Gasteiger partial charge in [0, 0.05) is 52.7 Å². The highest BCUT2D eigenvalue weighted by molar-refractivity contribution is 7.85. The van der Waals surface area contributed by atoms with Gasteiger partial charge in [0.05, 0.1) is 97.1 Å². The van der Waals surface area contributed by atoms with Gasteiger partial charge >= 0.3 is 11.9 Å². The Morgan fingerprint density at radius 3 is 1.34 bits per heavy atom. The monoisotopic (exact) mass is 1020 g/mol. The van der Waals surface area contributed by atoms with Gasteiger partial charge in [-0.3, -0.25) is 0 Å². The molecule has 1 N–H and O–H groups in total. The summed E-state index contributed by atoms with van der Waals surface area (Å²) in [5.41, 5.74) is 1.97. The molecule has 19 heteroatoms. The number of carbonyl (C=O) groups is 2. The van der Waals surface area contributed by atoms with Gasteiger partial charge in [-0.2, -0.15) is 4.57 Å². The maximum atomic E-state index is 15.1. The topological polar surface area (TPSA) is 217 Å². The SMILES string of the molecule is CCC(CC)OCC(COC(CC)CC)Oc1ccc2c(c1)c(C(=O)Oc1c(C)cc(C(=O)O)cc1C)c1cc(OC(COC(COC)COC)COC(COC)COC)ccc1[n+]2CCCS(=O)(=O)[O-]. The van der Waals surface area contributed by atoms with Crippen molar-refractivity contribution in [2.45, 2.75) is 117 Å². The Labute approximate surface area is 418 Å². The van der Waals surface area contributed by atoms with Crippen LogP contribution in [0.1, 0.15) is 91.6 Å². The van der Waals surface area contributed by atoms with Gasteiger partial charge in [-0.15, -0.1) is 0 Å². The Morgan fingerprint density at radius 1 is 0.592 bits per heavy atom. The number of hydrogen-bond acceptors (Lipinski definition) is 16. The number of ether oxygens (including phenoxy) is 11. The van der Waals surface area contributed by atoms with E-state index in [1.165, 1.54) is 12.1 Å². The van der Waals surface area contributed by atoms with Gasteiger partial charge in [-0.1, -0.05) is 27.7 Å². The molecule has 1 aromatic heterocycles. The van der Waals surface area contributed by atoms with Crippen molar-refractivity contribution in [1.82, 2.24) is 0 Å². The molecule has 0 saturated heterocycles. The maximum absolute atomic E-state index is 15.1. The van der Waals surface area contributed by atoms with Crippen LogP contribution >= 0.6 is 0 Å². The highest BCUT2D eigenvalue weighted by atomic mass is 32.2. The molecule has 0 radical (unpaired) electrons. The van der Waals surface area contributed by atoms with E-state index in [1.807, 2.05) is 4.57 Å². The van der Waals surface area contributed by atoms with Crippen LogP contribution in [0.25, 0.3) is 21.8 Å². The summed E-state index contributed by atoms with van der Waals surface area (Å²) >= 11 is 0. The lowest BCUT2D eigenvalue weighted by Gasteiger charge is -2.25. The summed E-state index contributed by atoms with van der Waals surface area (Å²) in [4.78, 5) is 27.1. The summed E-state index contributed by atoms with van der Waals surface area (Å²) in [6.07, 6.45) is 1.09. The molecule has 18 nitrogen and oxygen atoms in total. The molecule has 0 atom stereocenters. The fourth-order valence-electron chi connectivity index (χ4n) is 8.23. The number of carboxylic acid groups (broad SMARTS) is 1. The number of benzene rings is 3. The Bertz CT molecular complexity index is 2330. The van der Waals surface area contributed by atoms with E-state index in [0.717, 1.165) is 25.7 Å². The summed E-state index contributed by atoms with van der Waals surface area (Å²) in [5.74, 6) is -1.67. The number of aromatic carboxylic acids is 1.